The number of amides is 1. The van der Waals surface area contributed by atoms with Gasteiger partial charge >= 0.3 is 0 Å². The maximum atomic E-state index is 11.9. The molecule has 0 saturated heterocycles. The predicted molar refractivity (Wildman–Crippen MR) is 89.4 cm³/mol. The first-order valence-electron chi connectivity index (χ1n) is 7.10. The van der Waals surface area contributed by atoms with E-state index in [4.69, 9.17) is 9.15 Å². The Bertz CT molecular complexity index is 780. The normalized spacial score (nSPS) is 10.1. The number of hydrogen-bond donors (Lipinski definition) is 2. The molecule has 0 aliphatic rings. The molecule has 1 amide bonds. The summed E-state index contributed by atoms with van der Waals surface area (Å²) in [5.41, 5.74) is 2.54. The van der Waals surface area contributed by atoms with E-state index in [1.54, 1.807) is 19.2 Å². The number of hydrogen-bond acceptors (Lipinski definition) is 4. The Labute approximate surface area is 133 Å². The third-order valence-corrected chi connectivity index (χ3v) is 3.25. The summed E-state index contributed by atoms with van der Waals surface area (Å²) in [5, 5.41) is 6.05. The van der Waals surface area contributed by atoms with Gasteiger partial charge in [-0.25, -0.2) is 0 Å². The smallest absolute Gasteiger partial charge is 0.291 e. The van der Waals surface area contributed by atoms with Crippen molar-refractivity contribution in [2.45, 2.75) is 0 Å². The largest absolute Gasteiger partial charge is 0.497 e. The molecule has 3 aromatic rings. The molecule has 1 aromatic heterocycles. The third kappa shape index (κ3) is 3.71. The highest BCUT2D eigenvalue weighted by atomic mass is 16.5. The van der Waals surface area contributed by atoms with E-state index in [0.29, 0.717) is 5.69 Å². The summed E-state index contributed by atoms with van der Waals surface area (Å²) in [7, 11) is 1.63. The lowest BCUT2D eigenvalue weighted by Gasteiger charge is -2.09. The van der Waals surface area contributed by atoms with E-state index in [9.17, 15) is 4.79 Å². The number of anilines is 3. The molecular formula is C18H16N2O3. The maximum absolute atomic E-state index is 11.9. The highest BCUT2D eigenvalue weighted by Crippen LogP contribution is 2.22. The van der Waals surface area contributed by atoms with E-state index in [1.807, 2.05) is 48.5 Å². The second-order valence-electron chi connectivity index (χ2n) is 4.87. The highest BCUT2D eigenvalue weighted by molar-refractivity contribution is 6.02. The number of benzene rings is 2. The fourth-order valence-corrected chi connectivity index (χ4v) is 2.10. The number of nitrogens with one attached hydrogen (secondary N) is 2. The van der Waals surface area contributed by atoms with Gasteiger partial charge in [0.1, 0.15) is 5.75 Å². The number of rotatable bonds is 5. The summed E-state index contributed by atoms with van der Waals surface area (Å²) >= 11 is 0. The second-order valence-corrected chi connectivity index (χ2v) is 4.87. The van der Waals surface area contributed by atoms with Crippen molar-refractivity contribution in [3.63, 3.8) is 0 Å². The number of carbonyl (C=O) groups is 1. The molecule has 0 unspecified atom stereocenters. The minimum Gasteiger partial charge on any atom is -0.497 e. The van der Waals surface area contributed by atoms with Gasteiger partial charge < -0.3 is 19.8 Å². The van der Waals surface area contributed by atoms with Crippen LogP contribution in [-0.2, 0) is 0 Å². The molecule has 116 valence electrons. The molecule has 2 aromatic carbocycles. The van der Waals surface area contributed by atoms with Crippen molar-refractivity contribution >= 4 is 23.0 Å². The molecule has 0 fully saturated rings. The molecule has 3 rings (SSSR count). The summed E-state index contributed by atoms with van der Waals surface area (Å²) < 4.78 is 10.3. The van der Waals surface area contributed by atoms with E-state index in [1.165, 1.54) is 6.26 Å². The van der Waals surface area contributed by atoms with E-state index in [-0.39, 0.29) is 11.7 Å². The van der Waals surface area contributed by atoms with Gasteiger partial charge in [0.05, 0.1) is 13.4 Å². The lowest BCUT2D eigenvalue weighted by molar-refractivity contribution is 0.0996. The molecule has 0 saturated carbocycles. The molecule has 5 heteroatoms. The average molecular weight is 308 g/mol. The molecule has 23 heavy (non-hydrogen) atoms. The van der Waals surface area contributed by atoms with Crippen molar-refractivity contribution in [1.29, 1.82) is 0 Å². The minimum atomic E-state index is -0.275. The van der Waals surface area contributed by atoms with Crippen LogP contribution in [0.25, 0.3) is 0 Å². The van der Waals surface area contributed by atoms with Crippen molar-refractivity contribution in [3.8, 4) is 5.75 Å². The Balaban J connectivity index is 1.66. The number of carbonyl (C=O) groups excluding carboxylic acids is 1. The van der Waals surface area contributed by atoms with Crippen molar-refractivity contribution in [3.05, 3.63) is 72.7 Å². The van der Waals surface area contributed by atoms with Crippen LogP contribution in [0, 0.1) is 0 Å². The molecule has 0 aliphatic heterocycles. The average Bonchev–Trinajstić information content (AvgIpc) is 3.11. The van der Waals surface area contributed by atoms with Crippen LogP contribution in [0.15, 0.2) is 71.3 Å². The number of ether oxygens (including phenoxy) is 1. The van der Waals surface area contributed by atoms with Gasteiger partial charge in [-0.1, -0.05) is 6.07 Å². The van der Waals surface area contributed by atoms with E-state index in [0.717, 1.165) is 17.1 Å². The van der Waals surface area contributed by atoms with Gasteiger partial charge in [-0.15, -0.1) is 0 Å². The molecule has 0 radical (unpaired) electrons. The SMILES string of the molecule is COc1cccc(Nc2ccc(NC(=O)c3ccco3)cc2)c1. The fourth-order valence-electron chi connectivity index (χ4n) is 2.10. The first-order chi connectivity index (χ1) is 11.2. The molecule has 0 atom stereocenters. The van der Waals surface area contributed by atoms with Crippen LogP contribution in [0.1, 0.15) is 10.6 Å². The van der Waals surface area contributed by atoms with Crippen LogP contribution in [0.2, 0.25) is 0 Å². The molecular weight excluding hydrogens is 292 g/mol. The quantitative estimate of drug-likeness (QED) is 0.738. The molecule has 5 nitrogen and oxygen atoms in total. The Morgan fingerprint density at radius 1 is 0.957 bits per heavy atom. The van der Waals surface area contributed by atoms with Crippen LogP contribution in [0.5, 0.6) is 5.75 Å². The monoisotopic (exact) mass is 308 g/mol. The van der Waals surface area contributed by atoms with Gasteiger partial charge in [-0.3, -0.25) is 4.79 Å². The van der Waals surface area contributed by atoms with Crippen molar-refractivity contribution < 1.29 is 13.9 Å². The highest BCUT2D eigenvalue weighted by Gasteiger charge is 2.08. The second kappa shape index (κ2) is 6.70. The summed E-state index contributed by atoms with van der Waals surface area (Å²) in [5.74, 6) is 0.796. The van der Waals surface area contributed by atoms with E-state index >= 15 is 0 Å². The van der Waals surface area contributed by atoms with Gasteiger partial charge in [0.25, 0.3) is 5.91 Å². The summed E-state index contributed by atoms with van der Waals surface area (Å²) in [6, 6.07) is 18.4. The topological polar surface area (TPSA) is 63.5 Å². The van der Waals surface area contributed by atoms with Gasteiger partial charge in [0.15, 0.2) is 5.76 Å². The molecule has 0 bridgehead atoms. The summed E-state index contributed by atoms with van der Waals surface area (Å²) in [4.78, 5) is 11.9. The Morgan fingerprint density at radius 2 is 1.74 bits per heavy atom. The zero-order valence-electron chi connectivity index (χ0n) is 12.6. The Hall–Kier alpha value is -3.21. The van der Waals surface area contributed by atoms with Crippen LogP contribution < -0.4 is 15.4 Å². The Morgan fingerprint density at radius 3 is 2.43 bits per heavy atom. The zero-order valence-corrected chi connectivity index (χ0v) is 12.6. The van der Waals surface area contributed by atoms with Gasteiger partial charge in [0.2, 0.25) is 0 Å². The van der Waals surface area contributed by atoms with Gasteiger partial charge in [-0.05, 0) is 48.5 Å². The molecule has 1 heterocycles. The first-order valence-corrected chi connectivity index (χ1v) is 7.10. The van der Waals surface area contributed by atoms with Crippen LogP contribution >= 0.6 is 0 Å². The standard InChI is InChI=1S/C18H16N2O3/c1-22-16-5-2-4-15(12-16)19-13-7-9-14(10-8-13)20-18(21)17-6-3-11-23-17/h2-12,19H,1H3,(H,20,21). The zero-order chi connectivity index (χ0) is 16.1. The first kappa shape index (κ1) is 14.7. The van der Waals surface area contributed by atoms with Crippen LogP contribution in [0.4, 0.5) is 17.1 Å². The van der Waals surface area contributed by atoms with Gasteiger partial charge in [0, 0.05) is 23.1 Å². The van der Waals surface area contributed by atoms with Crippen molar-refractivity contribution in [2.75, 3.05) is 17.7 Å². The molecule has 0 aliphatic carbocycles. The predicted octanol–water partition coefficient (Wildman–Crippen LogP) is 4.28. The van der Waals surface area contributed by atoms with Gasteiger partial charge in [-0.2, -0.15) is 0 Å². The van der Waals surface area contributed by atoms with E-state index < -0.39 is 0 Å². The number of methoxy groups -OCH3 is 1. The van der Waals surface area contributed by atoms with Crippen LogP contribution in [-0.4, -0.2) is 13.0 Å². The lowest BCUT2D eigenvalue weighted by Crippen LogP contribution is -2.10. The maximum Gasteiger partial charge on any atom is 0.291 e. The fraction of sp³-hybridized carbons (Fsp3) is 0.0556. The third-order valence-electron chi connectivity index (χ3n) is 3.25. The lowest BCUT2D eigenvalue weighted by atomic mass is 10.2. The number of furan rings is 1. The summed E-state index contributed by atoms with van der Waals surface area (Å²) in [6.07, 6.45) is 1.47. The Kier molecular flexibility index (Phi) is 4.29. The molecule has 2 N–H and O–H groups in total. The minimum absolute atomic E-state index is 0.275. The summed E-state index contributed by atoms with van der Waals surface area (Å²) in [6.45, 7) is 0. The van der Waals surface area contributed by atoms with Crippen molar-refractivity contribution in [2.24, 2.45) is 0 Å². The van der Waals surface area contributed by atoms with Crippen molar-refractivity contribution in [1.82, 2.24) is 0 Å². The van der Waals surface area contributed by atoms with Crippen LogP contribution in [0.3, 0.4) is 0 Å². The van der Waals surface area contributed by atoms with E-state index in [2.05, 4.69) is 10.6 Å². The molecule has 0 spiro atoms.